The third-order valence-corrected chi connectivity index (χ3v) is 7.16. The Bertz CT molecular complexity index is 1030. The van der Waals surface area contributed by atoms with E-state index in [-0.39, 0.29) is 36.1 Å². The molecule has 3 amide bonds. The van der Waals surface area contributed by atoms with Crippen LogP contribution in [-0.4, -0.2) is 75.3 Å². The van der Waals surface area contributed by atoms with Crippen LogP contribution in [0.5, 0.6) is 0 Å². The monoisotopic (exact) mass is 451 g/mol. The third-order valence-electron chi connectivity index (χ3n) is 7.16. The summed E-state index contributed by atoms with van der Waals surface area (Å²) in [5.41, 5.74) is 2.04. The first-order chi connectivity index (χ1) is 16.0. The molecule has 2 aliphatic heterocycles. The van der Waals surface area contributed by atoms with Gasteiger partial charge in [-0.2, -0.15) is 4.98 Å². The van der Waals surface area contributed by atoms with Gasteiger partial charge in [-0.05, 0) is 25.3 Å². The number of carbonyl (C=O) groups is 3. The molecule has 0 bridgehead atoms. The number of aryl methyl sites for hydroxylation is 1. The van der Waals surface area contributed by atoms with Crippen LogP contribution in [0.3, 0.4) is 0 Å². The van der Waals surface area contributed by atoms with Crippen molar-refractivity contribution in [1.82, 2.24) is 24.8 Å². The van der Waals surface area contributed by atoms with Crippen molar-refractivity contribution >= 4 is 17.7 Å². The summed E-state index contributed by atoms with van der Waals surface area (Å²) in [6.45, 7) is 4.82. The highest BCUT2D eigenvalue weighted by Crippen LogP contribution is 2.37. The molecule has 0 spiro atoms. The summed E-state index contributed by atoms with van der Waals surface area (Å²) in [7, 11) is 0. The van der Waals surface area contributed by atoms with Crippen LogP contribution in [-0.2, 0) is 20.9 Å². The van der Waals surface area contributed by atoms with Crippen molar-refractivity contribution in [3.05, 3.63) is 35.7 Å². The van der Waals surface area contributed by atoms with Gasteiger partial charge in [-0.1, -0.05) is 42.3 Å². The predicted molar refractivity (Wildman–Crippen MR) is 118 cm³/mol. The number of fused-ring (bicyclic) bond motifs is 1. The maximum atomic E-state index is 12.8. The molecule has 1 aromatic heterocycles. The lowest BCUT2D eigenvalue weighted by Crippen LogP contribution is -2.51. The van der Waals surface area contributed by atoms with Gasteiger partial charge in [0, 0.05) is 31.7 Å². The first-order valence-corrected chi connectivity index (χ1v) is 11.7. The number of hydrogen-bond acceptors (Lipinski definition) is 7. The lowest BCUT2D eigenvalue weighted by Gasteiger charge is -2.34. The molecule has 3 fully saturated rings. The smallest absolute Gasteiger partial charge is 0.242 e. The van der Waals surface area contributed by atoms with Gasteiger partial charge in [-0.3, -0.25) is 24.2 Å². The number of rotatable bonds is 5. The Balaban J connectivity index is 1.13. The van der Waals surface area contributed by atoms with E-state index in [2.05, 4.69) is 15.0 Å². The molecule has 9 heteroatoms. The molecule has 2 saturated heterocycles. The van der Waals surface area contributed by atoms with Gasteiger partial charge in [0.05, 0.1) is 18.4 Å². The minimum absolute atomic E-state index is 0.131. The maximum Gasteiger partial charge on any atom is 0.242 e. The van der Waals surface area contributed by atoms with E-state index in [1.54, 1.807) is 4.90 Å². The SMILES string of the molecule is Cc1ccccc1-c1noc(CN2CCN(C(=O)CN3C(=O)C4CCCCC4C3=O)CC2)n1. The molecule has 33 heavy (non-hydrogen) atoms. The van der Waals surface area contributed by atoms with Crippen molar-refractivity contribution in [2.75, 3.05) is 32.7 Å². The van der Waals surface area contributed by atoms with Crippen LogP contribution in [0.15, 0.2) is 28.8 Å². The minimum atomic E-state index is -0.213. The van der Waals surface area contributed by atoms with Crippen molar-refractivity contribution in [2.24, 2.45) is 11.8 Å². The van der Waals surface area contributed by atoms with E-state index < -0.39 is 0 Å². The second-order valence-electron chi connectivity index (χ2n) is 9.24. The van der Waals surface area contributed by atoms with E-state index in [1.165, 1.54) is 4.90 Å². The number of nitrogens with zero attached hydrogens (tertiary/aromatic N) is 5. The normalized spacial score (nSPS) is 23.8. The molecule has 1 saturated carbocycles. The quantitative estimate of drug-likeness (QED) is 0.640. The molecule has 0 N–H and O–H groups in total. The molecule has 174 valence electrons. The lowest BCUT2D eigenvalue weighted by atomic mass is 9.81. The molecular formula is C24H29N5O4. The summed E-state index contributed by atoms with van der Waals surface area (Å²) in [4.78, 5) is 47.8. The van der Waals surface area contributed by atoms with Crippen LogP contribution in [0, 0.1) is 18.8 Å². The number of hydrogen-bond donors (Lipinski definition) is 0. The van der Waals surface area contributed by atoms with Crippen LogP contribution in [0.2, 0.25) is 0 Å². The third kappa shape index (κ3) is 4.29. The number of imide groups is 1. The zero-order chi connectivity index (χ0) is 22.9. The topological polar surface area (TPSA) is 99.9 Å². The average Bonchev–Trinajstić information content (AvgIpc) is 3.39. The van der Waals surface area contributed by atoms with E-state index >= 15 is 0 Å². The Morgan fingerprint density at radius 3 is 2.36 bits per heavy atom. The summed E-state index contributed by atoms with van der Waals surface area (Å²) in [5, 5.41) is 4.11. The first kappa shape index (κ1) is 21.8. The van der Waals surface area contributed by atoms with Gasteiger partial charge < -0.3 is 9.42 Å². The Hall–Kier alpha value is -3.07. The molecule has 3 aliphatic rings. The van der Waals surface area contributed by atoms with Crippen LogP contribution >= 0.6 is 0 Å². The molecule has 0 radical (unpaired) electrons. The van der Waals surface area contributed by atoms with Crippen molar-refractivity contribution in [1.29, 1.82) is 0 Å². The number of benzene rings is 1. The van der Waals surface area contributed by atoms with Gasteiger partial charge in [-0.25, -0.2) is 0 Å². The number of amides is 3. The van der Waals surface area contributed by atoms with Gasteiger partial charge in [0.25, 0.3) is 0 Å². The van der Waals surface area contributed by atoms with Gasteiger partial charge in [-0.15, -0.1) is 0 Å². The molecule has 1 aliphatic carbocycles. The Kier molecular flexibility index (Phi) is 5.97. The number of piperazine rings is 1. The maximum absolute atomic E-state index is 12.8. The highest BCUT2D eigenvalue weighted by molar-refractivity contribution is 6.07. The van der Waals surface area contributed by atoms with Crippen molar-refractivity contribution in [2.45, 2.75) is 39.2 Å². The molecule has 3 heterocycles. The summed E-state index contributed by atoms with van der Waals surface area (Å²) in [6, 6.07) is 7.91. The summed E-state index contributed by atoms with van der Waals surface area (Å²) in [5.74, 6) is 0.232. The lowest BCUT2D eigenvalue weighted by molar-refractivity contribution is -0.147. The Morgan fingerprint density at radius 1 is 1.03 bits per heavy atom. The second-order valence-corrected chi connectivity index (χ2v) is 9.24. The standard InChI is InChI=1S/C24H29N5O4/c1-16-6-2-3-7-17(16)22-25-20(33-26-22)14-27-10-12-28(13-11-27)21(30)15-29-23(31)18-8-4-5-9-19(18)24(29)32/h2-3,6-7,18-19H,4-5,8-15H2,1H3. The second kappa shape index (κ2) is 9.05. The summed E-state index contributed by atoms with van der Waals surface area (Å²) in [6.07, 6.45) is 3.49. The molecular weight excluding hydrogens is 422 g/mol. The van der Waals surface area contributed by atoms with Crippen molar-refractivity contribution in [3.8, 4) is 11.4 Å². The summed E-state index contributed by atoms with van der Waals surface area (Å²) < 4.78 is 5.44. The minimum Gasteiger partial charge on any atom is -0.339 e. The molecule has 5 rings (SSSR count). The van der Waals surface area contributed by atoms with Crippen LogP contribution < -0.4 is 0 Å². The van der Waals surface area contributed by atoms with Crippen LogP contribution in [0.4, 0.5) is 0 Å². The fourth-order valence-electron chi connectivity index (χ4n) is 5.22. The molecule has 2 unspecified atom stereocenters. The predicted octanol–water partition coefficient (Wildman–Crippen LogP) is 1.86. The average molecular weight is 452 g/mol. The van der Waals surface area contributed by atoms with Crippen LogP contribution in [0.25, 0.3) is 11.4 Å². The van der Waals surface area contributed by atoms with Crippen LogP contribution in [0.1, 0.15) is 37.1 Å². The van der Waals surface area contributed by atoms with Gasteiger partial charge in [0.2, 0.25) is 29.4 Å². The fourth-order valence-corrected chi connectivity index (χ4v) is 5.22. The molecule has 2 aromatic rings. The largest absolute Gasteiger partial charge is 0.339 e. The first-order valence-electron chi connectivity index (χ1n) is 11.7. The van der Waals surface area contributed by atoms with Crippen molar-refractivity contribution < 1.29 is 18.9 Å². The van der Waals surface area contributed by atoms with E-state index in [0.717, 1.165) is 36.8 Å². The Labute approximate surface area is 192 Å². The highest BCUT2D eigenvalue weighted by Gasteiger charge is 2.48. The molecule has 9 nitrogen and oxygen atoms in total. The van der Waals surface area contributed by atoms with Crippen molar-refractivity contribution in [3.63, 3.8) is 0 Å². The van der Waals surface area contributed by atoms with E-state index in [1.807, 2.05) is 31.2 Å². The van der Waals surface area contributed by atoms with Gasteiger partial charge in [0.15, 0.2) is 0 Å². The van der Waals surface area contributed by atoms with Gasteiger partial charge in [0.1, 0.15) is 6.54 Å². The van der Waals surface area contributed by atoms with E-state index in [9.17, 15) is 14.4 Å². The zero-order valence-corrected chi connectivity index (χ0v) is 18.9. The Morgan fingerprint density at radius 2 is 1.70 bits per heavy atom. The fraction of sp³-hybridized carbons (Fsp3) is 0.542. The number of carbonyl (C=O) groups excluding carboxylic acids is 3. The number of aromatic nitrogens is 2. The van der Waals surface area contributed by atoms with E-state index in [4.69, 9.17) is 4.52 Å². The molecule has 2 atom stereocenters. The number of likely N-dealkylation sites (tertiary alicyclic amines) is 1. The van der Waals surface area contributed by atoms with Gasteiger partial charge >= 0.3 is 0 Å². The van der Waals surface area contributed by atoms with E-state index in [0.29, 0.717) is 44.4 Å². The highest BCUT2D eigenvalue weighted by atomic mass is 16.5. The zero-order valence-electron chi connectivity index (χ0n) is 18.9. The summed E-state index contributed by atoms with van der Waals surface area (Å²) >= 11 is 0. The molecule has 1 aromatic carbocycles.